The number of likely N-dealkylation sites (tertiary alicyclic amines) is 1. The van der Waals surface area contributed by atoms with Gasteiger partial charge in [-0.05, 0) is 38.8 Å². The third-order valence-corrected chi connectivity index (χ3v) is 3.56. The Morgan fingerprint density at radius 1 is 1.36 bits per heavy atom. The lowest BCUT2D eigenvalue weighted by Gasteiger charge is -2.30. The zero-order chi connectivity index (χ0) is 16.3. The van der Waals surface area contributed by atoms with E-state index in [1.54, 1.807) is 23.4 Å². The van der Waals surface area contributed by atoms with E-state index in [9.17, 15) is 9.59 Å². The van der Waals surface area contributed by atoms with Gasteiger partial charge in [0, 0.05) is 18.9 Å². The normalized spacial score (nSPS) is 21.5. The number of methoxy groups -OCH3 is 1. The van der Waals surface area contributed by atoms with Crippen molar-refractivity contribution in [2.45, 2.75) is 38.8 Å². The Balaban J connectivity index is 2.29. The number of hydrogen-bond donors (Lipinski definition) is 0. The molecule has 0 radical (unpaired) electrons. The number of aromatic nitrogens is 1. The summed E-state index contributed by atoms with van der Waals surface area (Å²) in [5.74, 6) is -0.721. The second-order valence-corrected chi connectivity index (χ2v) is 6.32. The predicted octanol–water partition coefficient (Wildman–Crippen LogP) is 2.55. The number of amides is 1. The van der Waals surface area contributed by atoms with Gasteiger partial charge in [-0.15, -0.1) is 0 Å². The molecule has 0 N–H and O–H groups in total. The first-order valence-corrected chi connectivity index (χ1v) is 7.31. The molecule has 1 saturated heterocycles. The lowest BCUT2D eigenvalue weighted by atomic mass is 9.95. The molecule has 1 aliphatic rings. The number of esters is 1. The molecule has 0 saturated carbocycles. The van der Waals surface area contributed by atoms with Gasteiger partial charge in [0.2, 0.25) is 0 Å². The molecule has 0 spiro atoms. The van der Waals surface area contributed by atoms with E-state index < -0.39 is 23.7 Å². The molecule has 0 aromatic carbocycles. The third-order valence-electron chi connectivity index (χ3n) is 3.56. The monoisotopic (exact) mass is 306 g/mol. The number of ether oxygens (including phenoxy) is 2. The molecule has 22 heavy (non-hydrogen) atoms. The Labute approximate surface area is 130 Å². The van der Waals surface area contributed by atoms with Gasteiger partial charge in [-0.1, -0.05) is 6.07 Å². The van der Waals surface area contributed by atoms with E-state index in [1.165, 1.54) is 7.11 Å². The van der Waals surface area contributed by atoms with Crippen LogP contribution in [0.15, 0.2) is 24.5 Å². The summed E-state index contributed by atoms with van der Waals surface area (Å²) in [4.78, 5) is 30.1. The van der Waals surface area contributed by atoms with Crippen LogP contribution in [0.25, 0.3) is 0 Å². The summed E-state index contributed by atoms with van der Waals surface area (Å²) in [7, 11) is 1.36. The molecule has 0 aliphatic carbocycles. The SMILES string of the molecule is COC(=O)[C@@H]1CCN(C(=O)OC(C)(C)C)[C@H]1c1cccnc1. The largest absolute Gasteiger partial charge is 0.469 e. The number of carbonyl (C=O) groups excluding carboxylic acids is 2. The van der Waals surface area contributed by atoms with E-state index in [0.29, 0.717) is 13.0 Å². The Bertz CT molecular complexity index is 539. The average molecular weight is 306 g/mol. The van der Waals surface area contributed by atoms with Crippen molar-refractivity contribution in [3.63, 3.8) is 0 Å². The number of carbonyl (C=O) groups is 2. The van der Waals surface area contributed by atoms with Crippen LogP contribution in [0.1, 0.15) is 38.8 Å². The summed E-state index contributed by atoms with van der Waals surface area (Å²) in [5, 5.41) is 0. The van der Waals surface area contributed by atoms with E-state index >= 15 is 0 Å². The van der Waals surface area contributed by atoms with Gasteiger partial charge in [0.1, 0.15) is 5.60 Å². The van der Waals surface area contributed by atoms with Crippen molar-refractivity contribution in [1.29, 1.82) is 0 Å². The van der Waals surface area contributed by atoms with Crippen LogP contribution in [-0.2, 0) is 14.3 Å². The van der Waals surface area contributed by atoms with Crippen molar-refractivity contribution in [1.82, 2.24) is 9.88 Å². The van der Waals surface area contributed by atoms with Gasteiger partial charge >= 0.3 is 12.1 Å². The van der Waals surface area contributed by atoms with Crippen LogP contribution in [0.3, 0.4) is 0 Å². The fourth-order valence-corrected chi connectivity index (χ4v) is 2.68. The van der Waals surface area contributed by atoms with Crippen LogP contribution < -0.4 is 0 Å². The standard InChI is InChI=1S/C16H22N2O4/c1-16(2,3)22-15(20)18-9-7-12(14(19)21-4)13(18)11-6-5-8-17-10-11/h5-6,8,10,12-13H,7,9H2,1-4H3/t12-,13+/m1/s1. The van der Waals surface area contributed by atoms with Crippen molar-refractivity contribution in [2.24, 2.45) is 5.92 Å². The summed E-state index contributed by atoms with van der Waals surface area (Å²) in [5.41, 5.74) is 0.223. The molecular weight excluding hydrogens is 284 g/mol. The maximum atomic E-state index is 12.4. The fraction of sp³-hybridized carbons (Fsp3) is 0.562. The summed E-state index contributed by atoms with van der Waals surface area (Å²) in [6.07, 6.45) is 3.45. The summed E-state index contributed by atoms with van der Waals surface area (Å²) in [6.45, 7) is 5.90. The van der Waals surface area contributed by atoms with Crippen molar-refractivity contribution in [2.75, 3.05) is 13.7 Å². The minimum Gasteiger partial charge on any atom is -0.469 e. The van der Waals surface area contributed by atoms with Crippen LogP contribution in [0.5, 0.6) is 0 Å². The smallest absolute Gasteiger partial charge is 0.410 e. The van der Waals surface area contributed by atoms with Gasteiger partial charge in [-0.3, -0.25) is 9.78 Å². The molecule has 2 atom stereocenters. The minimum atomic E-state index is -0.583. The van der Waals surface area contributed by atoms with Crippen LogP contribution in [0, 0.1) is 5.92 Å². The highest BCUT2D eigenvalue weighted by molar-refractivity contribution is 5.77. The van der Waals surface area contributed by atoms with Crippen LogP contribution in [-0.4, -0.2) is 41.2 Å². The van der Waals surface area contributed by atoms with Crippen molar-refractivity contribution in [3.05, 3.63) is 30.1 Å². The number of pyridine rings is 1. The van der Waals surface area contributed by atoms with Crippen molar-refractivity contribution in [3.8, 4) is 0 Å². The molecular formula is C16H22N2O4. The second kappa shape index (κ2) is 6.34. The van der Waals surface area contributed by atoms with Gasteiger partial charge in [-0.2, -0.15) is 0 Å². The summed E-state index contributed by atoms with van der Waals surface area (Å²) in [6, 6.07) is 3.24. The molecule has 1 aromatic rings. The highest BCUT2D eigenvalue weighted by Gasteiger charge is 2.44. The molecule has 1 aromatic heterocycles. The molecule has 0 unspecified atom stereocenters. The van der Waals surface area contributed by atoms with Gasteiger partial charge in [0.05, 0.1) is 19.1 Å². The molecule has 6 heteroatoms. The first kappa shape index (κ1) is 16.3. The first-order chi connectivity index (χ1) is 10.3. The lowest BCUT2D eigenvalue weighted by molar-refractivity contribution is -0.146. The third kappa shape index (κ3) is 3.55. The quantitative estimate of drug-likeness (QED) is 0.785. The van der Waals surface area contributed by atoms with Crippen molar-refractivity contribution >= 4 is 12.1 Å². The maximum absolute atomic E-state index is 12.4. The van der Waals surface area contributed by atoms with Gasteiger partial charge in [0.25, 0.3) is 0 Å². The molecule has 2 rings (SSSR count). The van der Waals surface area contributed by atoms with Gasteiger partial charge in [-0.25, -0.2) is 4.79 Å². The molecule has 1 amide bonds. The average Bonchev–Trinajstić information content (AvgIpc) is 2.90. The highest BCUT2D eigenvalue weighted by atomic mass is 16.6. The zero-order valence-electron chi connectivity index (χ0n) is 13.4. The molecule has 0 bridgehead atoms. The molecule has 120 valence electrons. The van der Waals surface area contributed by atoms with E-state index in [0.717, 1.165) is 5.56 Å². The summed E-state index contributed by atoms with van der Waals surface area (Å²) < 4.78 is 10.3. The summed E-state index contributed by atoms with van der Waals surface area (Å²) >= 11 is 0. The zero-order valence-corrected chi connectivity index (χ0v) is 13.4. The Morgan fingerprint density at radius 3 is 2.64 bits per heavy atom. The van der Waals surface area contributed by atoms with Gasteiger partial charge < -0.3 is 14.4 Å². The second-order valence-electron chi connectivity index (χ2n) is 6.32. The van der Waals surface area contributed by atoms with Crippen LogP contribution >= 0.6 is 0 Å². The maximum Gasteiger partial charge on any atom is 0.410 e. The minimum absolute atomic E-state index is 0.320. The van der Waals surface area contributed by atoms with E-state index in [-0.39, 0.29) is 5.97 Å². The highest BCUT2D eigenvalue weighted by Crippen LogP contribution is 2.38. The van der Waals surface area contributed by atoms with E-state index in [4.69, 9.17) is 9.47 Å². The fourth-order valence-electron chi connectivity index (χ4n) is 2.68. The molecule has 1 aliphatic heterocycles. The number of rotatable bonds is 2. The van der Waals surface area contributed by atoms with Gasteiger partial charge in [0.15, 0.2) is 0 Å². The first-order valence-electron chi connectivity index (χ1n) is 7.31. The Morgan fingerprint density at radius 2 is 2.09 bits per heavy atom. The molecule has 2 heterocycles. The predicted molar refractivity (Wildman–Crippen MR) is 80.0 cm³/mol. The number of hydrogen-bond acceptors (Lipinski definition) is 5. The Kier molecular flexibility index (Phi) is 4.68. The lowest BCUT2D eigenvalue weighted by Crippen LogP contribution is -2.38. The van der Waals surface area contributed by atoms with E-state index in [1.807, 2.05) is 26.8 Å². The van der Waals surface area contributed by atoms with Crippen molar-refractivity contribution < 1.29 is 19.1 Å². The van der Waals surface area contributed by atoms with Crippen LogP contribution in [0.4, 0.5) is 4.79 Å². The van der Waals surface area contributed by atoms with Crippen LogP contribution in [0.2, 0.25) is 0 Å². The number of nitrogens with zero attached hydrogens (tertiary/aromatic N) is 2. The van der Waals surface area contributed by atoms with E-state index in [2.05, 4.69) is 4.98 Å². The Hall–Kier alpha value is -2.11. The molecule has 6 nitrogen and oxygen atoms in total. The topological polar surface area (TPSA) is 68.7 Å². The molecule has 1 fully saturated rings.